The summed E-state index contributed by atoms with van der Waals surface area (Å²) in [4.78, 5) is 34.1. The van der Waals surface area contributed by atoms with Gasteiger partial charge in [0, 0.05) is 11.3 Å². The summed E-state index contributed by atoms with van der Waals surface area (Å²) < 4.78 is 0. The molecule has 5 heteroatoms. The average molecular weight is 266 g/mol. The summed E-state index contributed by atoms with van der Waals surface area (Å²) in [6.45, 7) is 1.47. The Morgan fingerprint density at radius 2 is 1.72 bits per heavy atom. The van der Waals surface area contributed by atoms with E-state index in [1.807, 2.05) is 0 Å². The lowest BCUT2D eigenvalue weighted by atomic mass is 10.1. The summed E-state index contributed by atoms with van der Waals surface area (Å²) in [5, 5.41) is 2.03. The molecule has 0 radical (unpaired) electrons. The Morgan fingerprint density at radius 1 is 1.17 bits per heavy atom. The highest BCUT2D eigenvalue weighted by Crippen LogP contribution is 2.48. The first kappa shape index (κ1) is 12.8. The van der Waals surface area contributed by atoms with Gasteiger partial charge >= 0.3 is 0 Å². The van der Waals surface area contributed by atoms with Crippen LogP contribution in [0.15, 0.2) is 24.3 Å². The van der Waals surface area contributed by atoms with Crippen LogP contribution < -0.4 is 5.32 Å². The van der Waals surface area contributed by atoms with E-state index in [0.29, 0.717) is 24.1 Å². The minimum absolute atomic E-state index is 0.0394. The Labute approximate surface area is 109 Å². The first-order chi connectivity index (χ1) is 8.45. The summed E-state index contributed by atoms with van der Waals surface area (Å²) in [7, 11) is 0. The highest BCUT2D eigenvalue weighted by molar-refractivity contribution is 6.67. The van der Waals surface area contributed by atoms with Crippen molar-refractivity contribution < 1.29 is 14.4 Å². The molecular formula is C13H12ClNO3. The monoisotopic (exact) mass is 265 g/mol. The van der Waals surface area contributed by atoms with E-state index in [1.165, 1.54) is 6.92 Å². The molecule has 0 aromatic heterocycles. The van der Waals surface area contributed by atoms with Crippen molar-refractivity contribution in [3.63, 3.8) is 0 Å². The van der Waals surface area contributed by atoms with Crippen LogP contribution in [0.5, 0.6) is 0 Å². The molecule has 1 aliphatic carbocycles. The van der Waals surface area contributed by atoms with Gasteiger partial charge < -0.3 is 5.32 Å². The van der Waals surface area contributed by atoms with Gasteiger partial charge in [-0.25, -0.2) is 0 Å². The molecule has 0 heterocycles. The summed E-state index contributed by atoms with van der Waals surface area (Å²) in [5.41, 5.74) is 0.0811. The SMILES string of the molecule is CC(=O)c1ccc(NC(=O)C2(C(=O)Cl)CC2)cc1. The van der Waals surface area contributed by atoms with Gasteiger partial charge in [-0.1, -0.05) is 0 Å². The second-order valence-electron chi connectivity index (χ2n) is 4.44. The molecule has 0 spiro atoms. The number of halogens is 1. The lowest BCUT2D eigenvalue weighted by molar-refractivity contribution is -0.128. The maximum absolute atomic E-state index is 11.9. The van der Waals surface area contributed by atoms with Crippen LogP contribution in [0.4, 0.5) is 5.69 Å². The number of amides is 1. The third-order valence-corrected chi connectivity index (χ3v) is 3.47. The number of hydrogen-bond acceptors (Lipinski definition) is 3. The smallest absolute Gasteiger partial charge is 0.239 e. The Balaban J connectivity index is 2.08. The van der Waals surface area contributed by atoms with Crippen molar-refractivity contribution >= 4 is 34.2 Å². The van der Waals surface area contributed by atoms with E-state index in [0.717, 1.165) is 0 Å². The van der Waals surface area contributed by atoms with E-state index in [9.17, 15) is 14.4 Å². The summed E-state index contributed by atoms with van der Waals surface area (Å²) in [6.07, 6.45) is 0.986. The molecule has 1 aromatic carbocycles. The van der Waals surface area contributed by atoms with Crippen molar-refractivity contribution in [2.24, 2.45) is 5.41 Å². The first-order valence-electron chi connectivity index (χ1n) is 5.58. The lowest BCUT2D eigenvalue weighted by Gasteiger charge is -2.11. The summed E-state index contributed by atoms with van der Waals surface area (Å²) in [5.74, 6) is -0.416. The molecule has 94 valence electrons. The quantitative estimate of drug-likeness (QED) is 0.516. The lowest BCUT2D eigenvalue weighted by Crippen LogP contribution is -2.28. The Hall–Kier alpha value is -1.68. The van der Waals surface area contributed by atoms with Crippen molar-refractivity contribution in [1.82, 2.24) is 0 Å². The van der Waals surface area contributed by atoms with Crippen molar-refractivity contribution in [3.05, 3.63) is 29.8 Å². The number of ketones is 1. The molecule has 0 bridgehead atoms. The molecular weight excluding hydrogens is 254 g/mol. The molecule has 1 N–H and O–H groups in total. The number of hydrogen-bond donors (Lipinski definition) is 1. The Morgan fingerprint density at radius 3 is 2.11 bits per heavy atom. The molecule has 0 saturated heterocycles. The molecule has 0 unspecified atom stereocenters. The van der Waals surface area contributed by atoms with Crippen LogP contribution in [0.2, 0.25) is 0 Å². The van der Waals surface area contributed by atoms with Gasteiger partial charge in [0.15, 0.2) is 5.78 Å². The molecule has 1 saturated carbocycles. The van der Waals surface area contributed by atoms with E-state index in [-0.39, 0.29) is 11.7 Å². The van der Waals surface area contributed by atoms with Crippen molar-refractivity contribution in [3.8, 4) is 0 Å². The second kappa shape index (κ2) is 4.53. The van der Waals surface area contributed by atoms with Crippen LogP contribution in [0, 0.1) is 5.41 Å². The average Bonchev–Trinajstić information content (AvgIpc) is 3.10. The van der Waals surface area contributed by atoms with Crippen molar-refractivity contribution in [2.75, 3.05) is 5.32 Å². The molecule has 0 aliphatic heterocycles. The Bertz CT molecular complexity index is 518. The minimum atomic E-state index is -1.04. The topological polar surface area (TPSA) is 63.2 Å². The van der Waals surface area contributed by atoms with Crippen LogP contribution in [0.25, 0.3) is 0 Å². The summed E-state index contributed by atoms with van der Waals surface area (Å²) in [6, 6.07) is 6.51. The molecule has 18 heavy (non-hydrogen) atoms. The number of carbonyl (C=O) groups excluding carboxylic acids is 3. The first-order valence-corrected chi connectivity index (χ1v) is 5.96. The Kier molecular flexibility index (Phi) is 3.22. The minimum Gasteiger partial charge on any atom is -0.325 e. The highest BCUT2D eigenvalue weighted by Gasteiger charge is 2.55. The van der Waals surface area contributed by atoms with Gasteiger partial charge in [-0.3, -0.25) is 14.4 Å². The van der Waals surface area contributed by atoms with Gasteiger partial charge in [-0.05, 0) is 55.6 Å². The maximum atomic E-state index is 11.9. The number of anilines is 1. The molecule has 2 rings (SSSR count). The van der Waals surface area contributed by atoms with Crippen LogP contribution in [0.1, 0.15) is 30.1 Å². The van der Waals surface area contributed by atoms with Crippen LogP contribution in [0.3, 0.4) is 0 Å². The predicted molar refractivity (Wildman–Crippen MR) is 67.6 cm³/mol. The molecule has 1 fully saturated rings. The number of nitrogens with one attached hydrogen (secondary N) is 1. The van der Waals surface area contributed by atoms with E-state index in [2.05, 4.69) is 5.32 Å². The zero-order chi connectivity index (χ0) is 13.3. The van der Waals surface area contributed by atoms with Gasteiger partial charge in [-0.15, -0.1) is 0 Å². The number of carbonyl (C=O) groups is 3. The third-order valence-electron chi connectivity index (χ3n) is 3.11. The fourth-order valence-corrected chi connectivity index (χ4v) is 1.95. The second-order valence-corrected chi connectivity index (χ2v) is 4.79. The van der Waals surface area contributed by atoms with Crippen LogP contribution in [-0.4, -0.2) is 16.9 Å². The van der Waals surface area contributed by atoms with Gasteiger partial charge in [0.25, 0.3) is 0 Å². The molecule has 1 aromatic rings. The third kappa shape index (κ3) is 2.29. The number of benzene rings is 1. The van der Waals surface area contributed by atoms with Gasteiger partial charge in [0.2, 0.25) is 11.1 Å². The summed E-state index contributed by atoms with van der Waals surface area (Å²) >= 11 is 5.42. The number of Topliss-reactive ketones (excluding diaryl/α,β-unsaturated/α-hetero) is 1. The van der Waals surface area contributed by atoms with Crippen molar-refractivity contribution in [1.29, 1.82) is 0 Å². The molecule has 1 aliphatic rings. The number of rotatable bonds is 4. The molecule has 4 nitrogen and oxygen atoms in total. The fourth-order valence-electron chi connectivity index (χ4n) is 1.68. The zero-order valence-electron chi connectivity index (χ0n) is 9.83. The largest absolute Gasteiger partial charge is 0.325 e. The molecule has 0 atom stereocenters. The van der Waals surface area contributed by atoms with Gasteiger partial charge in [0.05, 0.1) is 0 Å². The van der Waals surface area contributed by atoms with E-state index < -0.39 is 10.7 Å². The van der Waals surface area contributed by atoms with Crippen LogP contribution in [-0.2, 0) is 9.59 Å². The van der Waals surface area contributed by atoms with Gasteiger partial charge in [0.1, 0.15) is 5.41 Å². The van der Waals surface area contributed by atoms with E-state index in [1.54, 1.807) is 24.3 Å². The normalized spacial score (nSPS) is 15.9. The van der Waals surface area contributed by atoms with E-state index in [4.69, 9.17) is 11.6 Å². The van der Waals surface area contributed by atoms with Crippen LogP contribution >= 0.6 is 11.6 Å². The predicted octanol–water partition coefficient (Wildman–Crippen LogP) is 2.37. The van der Waals surface area contributed by atoms with E-state index >= 15 is 0 Å². The molecule has 1 amide bonds. The standard InChI is InChI=1S/C13H12ClNO3/c1-8(16)9-2-4-10(5-3-9)15-12(18)13(6-7-13)11(14)17/h2-5H,6-7H2,1H3,(H,15,18). The maximum Gasteiger partial charge on any atom is 0.239 e. The van der Waals surface area contributed by atoms with Crippen molar-refractivity contribution in [2.45, 2.75) is 19.8 Å². The van der Waals surface area contributed by atoms with Gasteiger partial charge in [-0.2, -0.15) is 0 Å². The zero-order valence-corrected chi connectivity index (χ0v) is 10.6. The highest BCUT2D eigenvalue weighted by atomic mass is 35.5. The fraction of sp³-hybridized carbons (Fsp3) is 0.308.